The Hall–Kier alpha value is -3.45. The van der Waals surface area contributed by atoms with Crippen LogP contribution < -0.4 is 15.2 Å². The molecule has 1 atom stereocenters. The van der Waals surface area contributed by atoms with Crippen molar-refractivity contribution < 1.29 is 22.7 Å². The molecule has 4 aromatic rings. The molecule has 0 spiro atoms. The normalized spacial score (nSPS) is 14.7. The van der Waals surface area contributed by atoms with E-state index in [0.29, 0.717) is 43.1 Å². The monoisotopic (exact) mass is 589 g/mol. The molecule has 2 amide bonds. The Labute approximate surface area is 236 Å². The van der Waals surface area contributed by atoms with Crippen LogP contribution in [0, 0.1) is 0 Å². The quantitative estimate of drug-likeness (QED) is 0.302. The van der Waals surface area contributed by atoms with E-state index in [1.807, 2.05) is 18.2 Å². The van der Waals surface area contributed by atoms with Crippen molar-refractivity contribution in [1.82, 2.24) is 19.5 Å². The molecule has 1 aliphatic heterocycles. The van der Waals surface area contributed by atoms with Gasteiger partial charge < -0.3 is 20.3 Å². The Morgan fingerprint density at radius 1 is 1.13 bits per heavy atom. The van der Waals surface area contributed by atoms with Crippen LogP contribution in [0.2, 0.25) is 0 Å². The van der Waals surface area contributed by atoms with Crippen molar-refractivity contribution in [2.75, 3.05) is 39.0 Å². The van der Waals surface area contributed by atoms with Gasteiger partial charge in [-0.05, 0) is 47.2 Å². The zero-order chi connectivity index (χ0) is 26.9. The van der Waals surface area contributed by atoms with E-state index >= 15 is 0 Å². The van der Waals surface area contributed by atoms with Crippen molar-refractivity contribution in [3.8, 4) is 5.75 Å². The first kappa shape index (κ1) is 28.6. The molecule has 2 aromatic carbocycles. The number of ether oxygens (including phenoxy) is 1. The topological polar surface area (TPSA) is 135 Å². The SMILES string of the molecule is COc1ccc2ccc(S(=O)(=O)NC(Cc3cc4c(N)nccc4s3)C(=O)N3CCN(C=O)CC3)cc2c1.Cl. The van der Waals surface area contributed by atoms with Gasteiger partial charge in [-0.15, -0.1) is 23.7 Å². The molecule has 1 aliphatic rings. The second kappa shape index (κ2) is 11.7. The summed E-state index contributed by atoms with van der Waals surface area (Å²) in [4.78, 5) is 32.9. The van der Waals surface area contributed by atoms with Crippen LogP contribution >= 0.6 is 23.7 Å². The largest absolute Gasteiger partial charge is 0.497 e. The fourth-order valence-electron chi connectivity index (χ4n) is 4.54. The lowest BCUT2D eigenvalue weighted by Gasteiger charge is -2.34. The number of rotatable bonds is 8. The van der Waals surface area contributed by atoms with Crippen LogP contribution in [-0.2, 0) is 26.0 Å². The molecule has 0 saturated carbocycles. The fourth-order valence-corrected chi connectivity index (χ4v) is 6.87. The minimum atomic E-state index is -4.07. The van der Waals surface area contributed by atoms with Crippen molar-refractivity contribution in [3.63, 3.8) is 0 Å². The Balaban J connectivity index is 0.00000353. The van der Waals surface area contributed by atoms with Crippen LogP contribution in [0.15, 0.2) is 59.6 Å². The standard InChI is InChI=1S/C26H27N5O5S2.ClH/c1-36-19-4-2-17-3-5-21(13-18(17)12-19)38(34,35)29-23(26(33)31-10-8-30(16-32)9-11-31)15-20-14-22-24(37-20)6-7-28-25(22)27;/h2-7,12-14,16,23,29H,8-11,15H2,1H3,(H2,27,28);1H. The molecule has 206 valence electrons. The summed E-state index contributed by atoms with van der Waals surface area (Å²) < 4.78 is 35.9. The molecule has 10 nitrogen and oxygen atoms in total. The van der Waals surface area contributed by atoms with Gasteiger partial charge in [-0.25, -0.2) is 13.4 Å². The number of hydrogen-bond acceptors (Lipinski definition) is 8. The van der Waals surface area contributed by atoms with Gasteiger partial charge in [0.1, 0.15) is 17.6 Å². The summed E-state index contributed by atoms with van der Waals surface area (Å²) in [5, 5.41) is 2.33. The Morgan fingerprint density at radius 3 is 2.56 bits per heavy atom. The molecule has 0 radical (unpaired) electrons. The van der Waals surface area contributed by atoms with Crippen LogP contribution in [0.1, 0.15) is 4.88 Å². The summed E-state index contributed by atoms with van der Waals surface area (Å²) in [6.07, 6.45) is 2.52. The smallest absolute Gasteiger partial charge is 0.241 e. The zero-order valence-corrected chi connectivity index (χ0v) is 23.5. The van der Waals surface area contributed by atoms with Crippen LogP contribution in [-0.4, -0.2) is 74.8 Å². The van der Waals surface area contributed by atoms with Crippen LogP contribution in [0.3, 0.4) is 0 Å². The number of anilines is 1. The lowest BCUT2D eigenvalue weighted by Crippen LogP contribution is -2.55. The Morgan fingerprint density at radius 2 is 1.87 bits per heavy atom. The van der Waals surface area contributed by atoms with Gasteiger partial charge in [-0.2, -0.15) is 4.72 Å². The van der Waals surface area contributed by atoms with E-state index in [1.165, 1.54) is 17.4 Å². The summed E-state index contributed by atoms with van der Waals surface area (Å²) in [5.74, 6) is 0.649. The first-order chi connectivity index (χ1) is 18.3. The van der Waals surface area contributed by atoms with Gasteiger partial charge in [0, 0.05) is 53.8 Å². The first-order valence-electron chi connectivity index (χ1n) is 12.0. The minimum absolute atomic E-state index is 0. The highest BCUT2D eigenvalue weighted by Gasteiger charge is 2.32. The van der Waals surface area contributed by atoms with E-state index in [2.05, 4.69) is 9.71 Å². The highest BCUT2D eigenvalue weighted by atomic mass is 35.5. The molecule has 1 unspecified atom stereocenters. The number of thiophene rings is 1. The maximum absolute atomic E-state index is 13.6. The van der Waals surface area contributed by atoms with E-state index in [0.717, 1.165) is 26.8 Å². The van der Waals surface area contributed by atoms with Crippen LogP contribution in [0.4, 0.5) is 5.82 Å². The molecular formula is C26H28ClN5O5S2. The number of nitrogens with one attached hydrogen (secondary N) is 1. The van der Waals surface area contributed by atoms with Crippen molar-refractivity contribution >= 4 is 72.8 Å². The molecule has 3 heterocycles. The fraction of sp³-hybridized carbons (Fsp3) is 0.269. The van der Waals surface area contributed by atoms with E-state index in [1.54, 1.807) is 47.4 Å². The van der Waals surface area contributed by atoms with Crippen molar-refractivity contribution in [2.24, 2.45) is 0 Å². The Kier molecular flexibility index (Phi) is 8.60. The number of amides is 2. The summed E-state index contributed by atoms with van der Waals surface area (Å²) >= 11 is 1.44. The molecule has 5 rings (SSSR count). The van der Waals surface area contributed by atoms with Gasteiger partial charge >= 0.3 is 0 Å². The van der Waals surface area contributed by atoms with Gasteiger partial charge in [0.25, 0.3) is 0 Å². The molecule has 0 aliphatic carbocycles. The van der Waals surface area contributed by atoms with Gasteiger partial charge in [0.15, 0.2) is 0 Å². The number of hydrogen-bond donors (Lipinski definition) is 2. The number of nitrogens with two attached hydrogens (primary N) is 1. The third-order valence-corrected chi connectivity index (χ3v) is 9.22. The Bertz CT molecular complexity index is 1620. The number of halogens is 1. The van der Waals surface area contributed by atoms with Crippen molar-refractivity contribution in [3.05, 3.63) is 59.6 Å². The first-order valence-corrected chi connectivity index (χ1v) is 14.3. The number of pyridine rings is 1. The predicted molar refractivity (Wildman–Crippen MR) is 154 cm³/mol. The number of fused-ring (bicyclic) bond motifs is 2. The minimum Gasteiger partial charge on any atom is -0.497 e. The van der Waals surface area contributed by atoms with Crippen LogP contribution in [0.5, 0.6) is 5.75 Å². The molecule has 39 heavy (non-hydrogen) atoms. The molecule has 3 N–H and O–H groups in total. The maximum atomic E-state index is 13.6. The van der Waals surface area contributed by atoms with Crippen molar-refractivity contribution in [1.29, 1.82) is 0 Å². The van der Waals surface area contributed by atoms with Gasteiger partial charge in [-0.3, -0.25) is 9.59 Å². The summed E-state index contributed by atoms with van der Waals surface area (Å²) in [5.41, 5.74) is 6.01. The molecule has 0 bridgehead atoms. The summed E-state index contributed by atoms with van der Waals surface area (Å²) in [6.45, 7) is 1.45. The highest BCUT2D eigenvalue weighted by Crippen LogP contribution is 2.30. The number of carbonyl (C=O) groups excluding carboxylic acids is 2. The zero-order valence-electron chi connectivity index (χ0n) is 21.1. The third-order valence-electron chi connectivity index (χ3n) is 6.63. The number of benzene rings is 2. The highest BCUT2D eigenvalue weighted by molar-refractivity contribution is 7.89. The predicted octanol–water partition coefficient (Wildman–Crippen LogP) is 2.65. The number of piperazine rings is 1. The van der Waals surface area contributed by atoms with Gasteiger partial charge in [-0.1, -0.05) is 12.1 Å². The lowest BCUT2D eigenvalue weighted by atomic mass is 10.1. The van der Waals surface area contributed by atoms with Crippen LogP contribution in [0.25, 0.3) is 20.9 Å². The number of methoxy groups -OCH3 is 1. The molecule has 13 heteroatoms. The third kappa shape index (κ3) is 6.09. The molecular weight excluding hydrogens is 562 g/mol. The van der Waals surface area contributed by atoms with Gasteiger partial charge in [0.2, 0.25) is 22.3 Å². The number of aromatic nitrogens is 1. The second-order valence-corrected chi connectivity index (χ2v) is 11.9. The van der Waals surface area contributed by atoms with E-state index < -0.39 is 16.1 Å². The molecule has 1 saturated heterocycles. The average Bonchev–Trinajstić information content (AvgIpc) is 3.35. The molecule has 1 fully saturated rings. The molecule has 2 aromatic heterocycles. The second-order valence-electron chi connectivity index (χ2n) is 9.04. The summed E-state index contributed by atoms with van der Waals surface area (Å²) in [6, 6.07) is 12.9. The van der Waals surface area contributed by atoms with E-state index in [-0.39, 0.29) is 29.6 Å². The summed E-state index contributed by atoms with van der Waals surface area (Å²) in [7, 11) is -2.52. The average molecular weight is 590 g/mol. The van der Waals surface area contributed by atoms with E-state index in [4.69, 9.17) is 10.5 Å². The number of nitrogen functional groups attached to an aromatic ring is 1. The van der Waals surface area contributed by atoms with Gasteiger partial charge in [0.05, 0.1) is 12.0 Å². The lowest BCUT2D eigenvalue weighted by molar-refractivity contribution is -0.136. The number of nitrogens with zero attached hydrogens (tertiary/aromatic N) is 3. The number of carbonyl (C=O) groups is 2. The van der Waals surface area contributed by atoms with E-state index in [9.17, 15) is 18.0 Å². The maximum Gasteiger partial charge on any atom is 0.241 e. The number of sulfonamides is 1. The van der Waals surface area contributed by atoms with Crippen molar-refractivity contribution in [2.45, 2.75) is 17.4 Å².